The quantitative estimate of drug-likeness (QED) is 0.805. The molecule has 0 aliphatic carbocycles. The van der Waals surface area contributed by atoms with Gasteiger partial charge in [0.15, 0.2) is 0 Å². The minimum Gasteiger partial charge on any atom is -0.394 e. The van der Waals surface area contributed by atoms with E-state index in [1.54, 1.807) is 13.1 Å². The second-order valence-electron chi connectivity index (χ2n) is 5.46. The van der Waals surface area contributed by atoms with E-state index in [0.717, 1.165) is 17.5 Å². The van der Waals surface area contributed by atoms with E-state index >= 15 is 0 Å². The van der Waals surface area contributed by atoms with E-state index in [0.29, 0.717) is 0 Å². The first-order valence-corrected chi connectivity index (χ1v) is 7.23. The zero-order valence-corrected chi connectivity index (χ0v) is 12.5. The van der Waals surface area contributed by atoms with Gasteiger partial charge in [0.1, 0.15) is 0 Å². The van der Waals surface area contributed by atoms with Gasteiger partial charge in [-0.15, -0.1) is 0 Å². The van der Waals surface area contributed by atoms with Crippen LogP contribution in [0.1, 0.15) is 11.1 Å². The molecule has 110 valence electrons. The van der Waals surface area contributed by atoms with Crippen LogP contribution in [0.25, 0.3) is 11.1 Å². The molecule has 0 radical (unpaired) electrons. The highest BCUT2D eigenvalue weighted by Crippen LogP contribution is 2.22. The minimum atomic E-state index is -0.163. The second-order valence-corrected chi connectivity index (χ2v) is 5.46. The molecular formula is C19H18N2O. The third-order valence-corrected chi connectivity index (χ3v) is 3.72. The number of nitrogen functional groups attached to an aromatic ring is 1. The first-order valence-electron chi connectivity index (χ1n) is 7.23. The Kier molecular flexibility index (Phi) is 3.79. The summed E-state index contributed by atoms with van der Waals surface area (Å²) in [4.78, 5) is 11.7. The largest absolute Gasteiger partial charge is 0.394 e. The van der Waals surface area contributed by atoms with Gasteiger partial charge in [-0.25, -0.2) is 0 Å². The summed E-state index contributed by atoms with van der Waals surface area (Å²) < 4.78 is 1.52. The number of rotatable bonds is 3. The molecule has 0 atom stereocenters. The summed E-state index contributed by atoms with van der Waals surface area (Å²) in [6.07, 6.45) is 2.70. The molecule has 0 fully saturated rings. The number of hydrogen-bond donors (Lipinski definition) is 1. The number of aryl methyl sites for hydroxylation is 1. The Morgan fingerprint density at radius 3 is 2.36 bits per heavy atom. The normalized spacial score (nSPS) is 10.6. The average Bonchev–Trinajstić information content (AvgIpc) is 2.53. The van der Waals surface area contributed by atoms with Crippen LogP contribution in [0.2, 0.25) is 0 Å². The summed E-state index contributed by atoms with van der Waals surface area (Å²) in [6, 6.07) is 20.4. The van der Waals surface area contributed by atoms with Gasteiger partial charge in [-0.1, -0.05) is 54.6 Å². The van der Waals surface area contributed by atoms with Crippen molar-refractivity contribution in [2.75, 3.05) is 5.73 Å². The van der Waals surface area contributed by atoms with Crippen LogP contribution >= 0.6 is 0 Å². The standard InChI is InChI=1S/C19H18N2O/c1-21-13-17(12-18(20)19(21)22)16-9-5-8-15(11-16)10-14-6-3-2-4-7-14/h2-9,11-13H,10,20H2,1H3. The van der Waals surface area contributed by atoms with E-state index in [-0.39, 0.29) is 11.2 Å². The summed E-state index contributed by atoms with van der Waals surface area (Å²) in [7, 11) is 1.72. The Balaban J connectivity index is 1.96. The summed E-state index contributed by atoms with van der Waals surface area (Å²) in [5.41, 5.74) is 10.4. The van der Waals surface area contributed by atoms with Gasteiger partial charge in [-0.05, 0) is 29.2 Å². The van der Waals surface area contributed by atoms with Crippen molar-refractivity contribution >= 4 is 5.69 Å². The lowest BCUT2D eigenvalue weighted by Gasteiger charge is -2.08. The Morgan fingerprint density at radius 1 is 0.909 bits per heavy atom. The Bertz CT molecular complexity index is 825. The van der Waals surface area contributed by atoms with Crippen molar-refractivity contribution in [1.29, 1.82) is 0 Å². The van der Waals surface area contributed by atoms with E-state index in [1.807, 2.05) is 36.5 Å². The van der Waals surface area contributed by atoms with Crippen LogP contribution in [0, 0.1) is 0 Å². The maximum atomic E-state index is 11.7. The van der Waals surface area contributed by atoms with Gasteiger partial charge in [-0.3, -0.25) is 4.79 Å². The number of hydrogen-bond acceptors (Lipinski definition) is 2. The Hall–Kier alpha value is -2.81. The van der Waals surface area contributed by atoms with E-state index in [1.165, 1.54) is 15.7 Å². The van der Waals surface area contributed by atoms with Crippen LogP contribution in [0.4, 0.5) is 5.69 Å². The van der Waals surface area contributed by atoms with Gasteiger partial charge in [0.05, 0.1) is 5.69 Å². The molecule has 0 saturated heterocycles. The molecule has 0 aliphatic rings. The zero-order valence-electron chi connectivity index (χ0n) is 12.5. The molecule has 1 heterocycles. The van der Waals surface area contributed by atoms with E-state index in [2.05, 4.69) is 24.3 Å². The number of nitrogens with two attached hydrogens (primary N) is 1. The lowest BCUT2D eigenvalue weighted by atomic mass is 10.00. The molecule has 2 N–H and O–H groups in total. The molecule has 0 spiro atoms. The van der Waals surface area contributed by atoms with E-state index in [4.69, 9.17) is 5.73 Å². The molecule has 3 heteroatoms. The Morgan fingerprint density at radius 2 is 1.64 bits per heavy atom. The van der Waals surface area contributed by atoms with Gasteiger partial charge in [0.25, 0.3) is 5.56 Å². The maximum absolute atomic E-state index is 11.7. The number of benzene rings is 2. The fraction of sp³-hybridized carbons (Fsp3) is 0.105. The molecule has 0 aliphatic heterocycles. The van der Waals surface area contributed by atoms with Gasteiger partial charge in [0, 0.05) is 18.8 Å². The smallest absolute Gasteiger partial charge is 0.273 e. The third-order valence-electron chi connectivity index (χ3n) is 3.72. The highest BCUT2D eigenvalue weighted by molar-refractivity contribution is 5.66. The molecular weight excluding hydrogens is 272 g/mol. The molecule has 0 saturated carbocycles. The number of anilines is 1. The van der Waals surface area contributed by atoms with Crippen molar-refractivity contribution in [2.24, 2.45) is 7.05 Å². The summed E-state index contributed by atoms with van der Waals surface area (Å²) in [6.45, 7) is 0. The molecule has 0 bridgehead atoms. The molecule has 3 nitrogen and oxygen atoms in total. The highest BCUT2D eigenvalue weighted by atomic mass is 16.1. The van der Waals surface area contributed by atoms with E-state index in [9.17, 15) is 4.79 Å². The molecule has 3 rings (SSSR count). The number of nitrogens with zero attached hydrogens (tertiary/aromatic N) is 1. The molecule has 1 aromatic heterocycles. The molecule has 0 unspecified atom stereocenters. The molecule has 0 amide bonds. The topological polar surface area (TPSA) is 48.0 Å². The second kappa shape index (κ2) is 5.90. The Labute approximate surface area is 129 Å². The van der Waals surface area contributed by atoms with Crippen LogP contribution < -0.4 is 11.3 Å². The lowest BCUT2D eigenvalue weighted by Crippen LogP contribution is -2.19. The van der Waals surface area contributed by atoms with E-state index < -0.39 is 0 Å². The van der Waals surface area contributed by atoms with Crippen LogP contribution in [0.3, 0.4) is 0 Å². The maximum Gasteiger partial charge on any atom is 0.273 e. The van der Waals surface area contributed by atoms with Crippen molar-refractivity contribution in [3.63, 3.8) is 0 Å². The fourth-order valence-electron chi connectivity index (χ4n) is 2.59. The molecule has 22 heavy (non-hydrogen) atoms. The summed E-state index contributed by atoms with van der Waals surface area (Å²) in [5.74, 6) is 0. The van der Waals surface area contributed by atoms with Gasteiger partial charge in [0.2, 0.25) is 0 Å². The molecule has 3 aromatic rings. The first-order chi connectivity index (χ1) is 10.6. The zero-order chi connectivity index (χ0) is 15.5. The van der Waals surface area contributed by atoms with Crippen LogP contribution in [0.5, 0.6) is 0 Å². The fourth-order valence-corrected chi connectivity index (χ4v) is 2.59. The minimum absolute atomic E-state index is 0.163. The van der Waals surface area contributed by atoms with Crippen molar-refractivity contribution in [1.82, 2.24) is 4.57 Å². The lowest BCUT2D eigenvalue weighted by molar-refractivity contribution is 0.866. The SMILES string of the molecule is Cn1cc(-c2cccc(Cc3ccccc3)c2)cc(N)c1=O. The van der Waals surface area contributed by atoms with Crippen LogP contribution in [-0.2, 0) is 13.5 Å². The summed E-state index contributed by atoms with van der Waals surface area (Å²) in [5, 5.41) is 0. The van der Waals surface area contributed by atoms with Crippen molar-refractivity contribution < 1.29 is 0 Å². The van der Waals surface area contributed by atoms with Crippen molar-refractivity contribution in [3.05, 3.63) is 88.3 Å². The van der Waals surface area contributed by atoms with Crippen molar-refractivity contribution in [2.45, 2.75) is 6.42 Å². The van der Waals surface area contributed by atoms with Gasteiger partial charge >= 0.3 is 0 Å². The molecule has 2 aromatic carbocycles. The van der Waals surface area contributed by atoms with Crippen LogP contribution in [0.15, 0.2) is 71.7 Å². The number of aromatic nitrogens is 1. The number of pyridine rings is 1. The van der Waals surface area contributed by atoms with Crippen LogP contribution in [-0.4, -0.2) is 4.57 Å². The predicted molar refractivity (Wildman–Crippen MR) is 90.8 cm³/mol. The third kappa shape index (κ3) is 2.93. The first kappa shape index (κ1) is 14.1. The summed E-state index contributed by atoms with van der Waals surface area (Å²) >= 11 is 0. The van der Waals surface area contributed by atoms with Gasteiger partial charge < -0.3 is 10.3 Å². The van der Waals surface area contributed by atoms with Crippen molar-refractivity contribution in [3.8, 4) is 11.1 Å². The van der Waals surface area contributed by atoms with Gasteiger partial charge in [-0.2, -0.15) is 0 Å². The highest BCUT2D eigenvalue weighted by Gasteiger charge is 2.05. The predicted octanol–water partition coefficient (Wildman–Crippen LogP) is 3.23. The average molecular weight is 290 g/mol. The monoisotopic (exact) mass is 290 g/mol.